The first kappa shape index (κ1) is 14.2. The van der Waals surface area contributed by atoms with E-state index >= 15 is 0 Å². The largest absolute Gasteiger partial charge is 0.462 e. The number of carbonyl (C=O) groups is 1. The van der Waals surface area contributed by atoms with Crippen LogP contribution in [0.15, 0.2) is 11.6 Å². The molecule has 0 amide bonds. The van der Waals surface area contributed by atoms with Crippen molar-refractivity contribution >= 4 is 5.97 Å². The maximum absolute atomic E-state index is 11.2. The number of aliphatic hydroxyl groups is 1. The highest BCUT2D eigenvalue weighted by Crippen LogP contribution is 2.04. The minimum absolute atomic E-state index is 0.215. The molecule has 88 valence electrons. The number of carbonyl (C=O) groups excluding carboxylic acids is 1. The predicted octanol–water partition coefficient (Wildman–Crippen LogP) is 2.44. The Kier molecular flexibility index (Phi) is 9.18. The van der Waals surface area contributed by atoms with E-state index in [0.717, 1.165) is 32.1 Å². The van der Waals surface area contributed by atoms with Gasteiger partial charge < -0.3 is 9.84 Å². The van der Waals surface area contributed by atoms with E-state index in [1.54, 1.807) is 13.0 Å². The number of hydrogen-bond donors (Lipinski definition) is 1. The van der Waals surface area contributed by atoms with Crippen molar-refractivity contribution in [1.82, 2.24) is 0 Å². The van der Waals surface area contributed by atoms with Gasteiger partial charge in [-0.3, -0.25) is 0 Å². The lowest BCUT2D eigenvalue weighted by molar-refractivity contribution is -0.139. The molecule has 0 aromatic carbocycles. The predicted molar refractivity (Wildman–Crippen MR) is 60.6 cm³/mol. The Bertz CT molecular complexity index is 197. The van der Waals surface area contributed by atoms with Crippen LogP contribution in [0.1, 0.15) is 46.0 Å². The zero-order valence-corrected chi connectivity index (χ0v) is 9.79. The Morgan fingerprint density at radius 1 is 1.20 bits per heavy atom. The van der Waals surface area contributed by atoms with Crippen molar-refractivity contribution < 1.29 is 14.6 Å². The second kappa shape index (κ2) is 9.71. The third kappa shape index (κ3) is 8.18. The van der Waals surface area contributed by atoms with Crippen LogP contribution in [0.25, 0.3) is 0 Å². The first-order valence-corrected chi connectivity index (χ1v) is 5.63. The highest BCUT2D eigenvalue weighted by molar-refractivity contribution is 5.87. The van der Waals surface area contributed by atoms with E-state index in [4.69, 9.17) is 9.84 Å². The fourth-order valence-electron chi connectivity index (χ4n) is 1.14. The first-order valence-electron chi connectivity index (χ1n) is 5.63. The first-order chi connectivity index (χ1) is 7.22. The monoisotopic (exact) mass is 214 g/mol. The van der Waals surface area contributed by atoms with Crippen LogP contribution in [-0.2, 0) is 9.53 Å². The number of aliphatic hydroxyl groups excluding tert-OH is 1. The molecule has 15 heavy (non-hydrogen) atoms. The van der Waals surface area contributed by atoms with Gasteiger partial charge in [-0.15, -0.1) is 0 Å². The molecule has 0 saturated heterocycles. The molecule has 0 spiro atoms. The Balaban J connectivity index is 3.28. The molecule has 0 aliphatic heterocycles. The molecule has 0 heterocycles. The molecule has 3 nitrogen and oxygen atoms in total. The van der Waals surface area contributed by atoms with Crippen molar-refractivity contribution in [3.8, 4) is 0 Å². The molecule has 3 heteroatoms. The van der Waals surface area contributed by atoms with Crippen molar-refractivity contribution in [2.45, 2.75) is 46.0 Å². The number of unbranched alkanes of at least 4 members (excludes halogenated alkanes) is 4. The van der Waals surface area contributed by atoms with Crippen LogP contribution in [0, 0.1) is 0 Å². The third-order valence-corrected chi connectivity index (χ3v) is 2.29. The molecule has 0 aromatic rings. The molecule has 0 aliphatic carbocycles. The highest BCUT2D eigenvalue weighted by Gasteiger charge is 2.02. The van der Waals surface area contributed by atoms with Gasteiger partial charge in [-0.1, -0.05) is 25.3 Å². The summed E-state index contributed by atoms with van der Waals surface area (Å²) in [6.45, 7) is 4.35. The van der Waals surface area contributed by atoms with E-state index in [1.807, 2.05) is 6.92 Å². The highest BCUT2D eigenvalue weighted by atomic mass is 16.5. The number of ether oxygens (including phenoxy) is 1. The van der Waals surface area contributed by atoms with E-state index in [2.05, 4.69) is 0 Å². The molecule has 0 aliphatic rings. The lowest BCUT2D eigenvalue weighted by Crippen LogP contribution is -2.06. The van der Waals surface area contributed by atoms with Crippen LogP contribution < -0.4 is 0 Å². The smallest absolute Gasteiger partial charge is 0.333 e. The summed E-state index contributed by atoms with van der Waals surface area (Å²) in [4.78, 5) is 11.2. The van der Waals surface area contributed by atoms with Gasteiger partial charge in [0.25, 0.3) is 0 Å². The fraction of sp³-hybridized carbons (Fsp3) is 0.750. The SMILES string of the molecule is CC=C(C)C(=O)OCCCCCCCO. The molecule has 0 radical (unpaired) electrons. The van der Waals surface area contributed by atoms with Gasteiger partial charge in [0.05, 0.1) is 6.61 Å². The van der Waals surface area contributed by atoms with Gasteiger partial charge in [0.2, 0.25) is 0 Å². The van der Waals surface area contributed by atoms with Crippen LogP contribution in [0.3, 0.4) is 0 Å². The van der Waals surface area contributed by atoms with Crippen molar-refractivity contribution in [2.24, 2.45) is 0 Å². The summed E-state index contributed by atoms with van der Waals surface area (Å²) >= 11 is 0. The molecular weight excluding hydrogens is 192 g/mol. The number of hydrogen-bond acceptors (Lipinski definition) is 3. The van der Waals surface area contributed by atoms with Gasteiger partial charge in [0.15, 0.2) is 0 Å². The van der Waals surface area contributed by atoms with E-state index in [1.165, 1.54) is 0 Å². The van der Waals surface area contributed by atoms with Crippen LogP contribution in [0.5, 0.6) is 0 Å². The molecule has 0 atom stereocenters. The molecule has 0 unspecified atom stereocenters. The quantitative estimate of drug-likeness (QED) is 0.383. The zero-order valence-electron chi connectivity index (χ0n) is 9.79. The van der Waals surface area contributed by atoms with Gasteiger partial charge >= 0.3 is 5.97 Å². The lowest BCUT2D eigenvalue weighted by Gasteiger charge is -2.04. The second-order valence-electron chi connectivity index (χ2n) is 3.60. The van der Waals surface area contributed by atoms with Crippen LogP contribution >= 0.6 is 0 Å². The van der Waals surface area contributed by atoms with E-state index in [0.29, 0.717) is 12.2 Å². The van der Waals surface area contributed by atoms with Gasteiger partial charge in [-0.25, -0.2) is 4.79 Å². The summed E-state index contributed by atoms with van der Waals surface area (Å²) in [5.74, 6) is -0.215. The van der Waals surface area contributed by atoms with Gasteiger partial charge in [-0.05, 0) is 26.7 Å². The molecule has 0 aromatic heterocycles. The van der Waals surface area contributed by atoms with E-state index in [-0.39, 0.29) is 12.6 Å². The minimum Gasteiger partial charge on any atom is -0.462 e. The summed E-state index contributed by atoms with van der Waals surface area (Å²) in [6.07, 6.45) is 6.75. The lowest BCUT2D eigenvalue weighted by atomic mass is 10.1. The Labute approximate surface area is 92.1 Å². The van der Waals surface area contributed by atoms with Gasteiger partial charge in [0.1, 0.15) is 0 Å². The third-order valence-electron chi connectivity index (χ3n) is 2.29. The average molecular weight is 214 g/mol. The van der Waals surface area contributed by atoms with Crippen molar-refractivity contribution in [2.75, 3.05) is 13.2 Å². The maximum atomic E-state index is 11.2. The summed E-state index contributed by atoms with van der Waals surface area (Å²) < 4.78 is 5.04. The number of esters is 1. The minimum atomic E-state index is -0.215. The topological polar surface area (TPSA) is 46.5 Å². The molecule has 0 fully saturated rings. The molecule has 1 N–H and O–H groups in total. The Morgan fingerprint density at radius 2 is 1.80 bits per heavy atom. The molecular formula is C12H22O3. The van der Waals surface area contributed by atoms with E-state index in [9.17, 15) is 4.79 Å². The standard InChI is InChI=1S/C12H22O3/c1-3-11(2)12(14)15-10-8-6-4-5-7-9-13/h3,13H,4-10H2,1-2H3. The summed E-state index contributed by atoms with van der Waals surface area (Å²) in [6, 6.07) is 0. The maximum Gasteiger partial charge on any atom is 0.333 e. The Morgan fingerprint density at radius 3 is 2.40 bits per heavy atom. The Hall–Kier alpha value is -0.830. The van der Waals surface area contributed by atoms with Crippen LogP contribution in [-0.4, -0.2) is 24.3 Å². The second-order valence-corrected chi connectivity index (χ2v) is 3.60. The van der Waals surface area contributed by atoms with Crippen LogP contribution in [0.2, 0.25) is 0 Å². The summed E-state index contributed by atoms with van der Waals surface area (Å²) in [7, 11) is 0. The zero-order chi connectivity index (χ0) is 11.5. The molecule has 0 rings (SSSR count). The van der Waals surface area contributed by atoms with Crippen molar-refractivity contribution in [1.29, 1.82) is 0 Å². The molecule has 0 bridgehead atoms. The average Bonchev–Trinajstić information content (AvgIpc) is 2.26. The van der Waals surface area contributed by atoms with Gasteiger partial charge in [-0.2, -0.15) is 0 Å². The number of rotatable bonds is 8. The van der Waals surface area contributed by atoms with Crippen molar-refractivity contribution in [3.63, 3.8) is 0 Å². The number of allylic oxidation sites excluding steroid dienone is 1. The summed E-state index contributed by atoms with van der Waals surface area (Å²) in [5, 5.41) is 8.55. The van der Waals surface area contributed by atoms with Crippen LogP contribution in [0.4, 0.5) is 0 Å². The molecule has 0 saturated carbocycles. The fourth-order valence-corrected chi connectivity index (χ4v) is 1.14. The van der Waals surface area contributed by atoms with E-state index < -0.39 is 0 Å². The normalized spacial score (nSPS) is 11.5. The summed E-state index contributed by atoms with van der Waals surface area (Å²) in [5.41, 5.74) is 0.662. The van der Waals surface area contributed by atoms with Crippen molar-refractivity contribution in [3.05, 3.63) is 11.6 Å². The van der Waals surface area contributed by atoms with Gasteiger partial charge in [0, 0.05) is 12.2 Å².